The monoisotopic (exact) mass is 438 g/mol. The van der Waals surface area contributed by atoms with Crippen molar-refractivity contribution in [2.45, 2.75) is 20.4 Å². The molecular formula is C24H27FN4OS. The van der Waals surface area contributed by atoms with E-state index in [1.807, 2.05) is 11.4 Å². The molecule has 162 valence electrons. The van der Waals surface area contributed by atoms with Crippen LogP contribution in [0.2, 0.25) is 0 Å². The minimum atomic E-state index is -0.198. The molecule has 4 rings (SSSR count). The first-order valence-electron chi connectivity index (χ1n) is 10.5. The Labute approximate surface area is 186 Å². The zero-order chi connectivity index (χ0) is 21.8. The molecule has 3 aromatic rings. The summed E-state index contributed by atoms with van der Waals surface area (Å²) in [5.74, 6) is -0.241. The Morgan fingerprint density at radius 2 is 1.84 bits per heavy atom. The zero-order valence-corrected chi connectivity index (χ0v) is 18.7. The van der Waals surface area contributed by atoms with Crippen LogP contribution in [0.1, 0.15) is 16.7 Å². The molecule has 5 nitrogen and oxygen atoms in total. The van der Waals surface area contributed by atoms with Gasteiger partial charge in [-0.05, 0) is 48.7 Å². The lowest BCUT2D eigenvalue weighted by Gasteiger charge is -2.34. The highest BCUT2D eigenvalue weighted by Crippen LogP contribution is 2.26. The molecule has 1 amide bonds. The van der Waals surface area contributed by atoms with Crippen molar-refractivity contribution in [2.75, 3.05) is 38.0 Å². The molecule has 0 saturated carbocycles. The molecule has 7 heteroatoms. The van der Waals surface area contributed by atoms with E-state index < -0.39 is 0 Å². The second-order valence-electron chi connectivity index (χ2n) is 8.07. The van der Waals surface area contributed by atoms with Crippen molar-refractivity contribution in [3.8, 4) is 11.3 Å². The van der Waals surface area contributed by atoms with Crippen LogP contribution >= 0.6 is 11.3 Å². The lowest BCUT2D eigenvalue weighted by molar-refractivity contribution is -0.117. The van der Waals surface area contributed by atoms with Gasteiger partial charge in [-0.3, -0.25) is 14.6 Å². The Balaban J connectivity index is 1.25. The molecule has 0 atom stereocenters. The number of carbonyl (C=O) groups is 1. The normalized spacial score (nSPS) is 15.2. The first-order chi connectivity index (χ1) is 15.0. The van der Waals surface area contributed by atoms with Gasteiger partial charge in [0.25, 0.3) is 0 Å². The molecule has 0 bridgehead atoms. The van der Waals surface area contributed by atoms with E-state index in [1.165, 1.54) is 28.5 Å². The summed E-state index contributed by atoms with van der Waals surface area (Å²) >= 11 is 1.45. The molecule has 1 fully saturated rings. The van der Waals surface area contributed by atoms with E-state index in [0.29, 0.717) is 11.7 Å². The van der Waals surface area contributed by atoms with E-state index in [9.17, 15) is 9.18 Å². The van der Waals surface area contributed by atoms with Crippen molar-refractivity contribution in [2.24, 2.45) is 0 Å². The molecule has 1 aliphatic rings. The predicted molar refractivity (Wildman–Crippen MR) is 124 cm³/mol. The van der Waals surface area contributed by atoms with Crippen LogP contribution in [0.4, 0.5) is 9.52 Å². The highest BCUT2D eigenvalue weighted by atomic mass is 32.1. The molecule has 0 radical (unpaired) electrons. The number of aromatic nitrogens is 1. The van der Waals surface area contributed by atoms with Crippen LogP contribution in [-0.4, -0.2) is 53.4 Å². The van der Waals surface area contributed by atoms with Crippen LogP contribution in [-0.2, 0) is 11.3 Å². The third-order valence-electron chi connectivity index (χ3n) is 5.68. The highest BCUT2D eigenvalue weighted by Gasteiger charge is 2.19. The van der Waals surface area contributed by atoms with Crippen molar-refractivity contribution in [1.82, 2.24) is 14.8 Å². The summed E-state index contributed by atoms with van der Waals surface area (Å²) in [5, 5.41) is 5.54. The average molecular weight is 439 g/mol. The fraction of sp³-hybridized carbons (Fsp3) is 0.333. The Kier molecular flexibility index (Phi) is 6.75. The fourth-order valence-electron chi connectivity index (χ4n) is 3.73. The van der Waals surface area contributed by atoms with Gasteiger partial charge in [-0.15, -0.1) is 11.3 Å². The number of hydrogen-bond donors (Lipinski definition) is 1. The van der Waals surface area contributed by atoms with E-state index >= 15 is 0 Å². The standard InChI is InChI=1S/C24H27FN4OS/c1-17-6-7-20(12-18(17)2)22-16-31-24(26-22)27-23(30)15-29-10-8-28(9-11-29)14-19-4-3-5-21(25)13-19/h3-7,12-13,16H,8-11,14-15H2,1-2H3,(H,26,27,30). The molecule has 1 aromatic heterocycles. The number of amides is 1. The minimum absolute atomic E-state index is 0.0421. The topological polar surface area (TPSA) is 48.5 Å². The number of piperazine rings is 1. The quantitative estimate of drug-likeness (QED) is 0.623. The van der Waals surface area contributed by atoms with Crippen LogP contribution in [0.3, 0.4) is 0 Å². The minimum Gasteiger partial charge on any atom is -0.301 e. The van der Waals surface area contributed by atoms with Crippen molar-refractivity contribution in [3.63, 3.8) is 0 Å². The Morgan fingerprint density at radius 1 is 1.06 bits per heavy atom. The second kappa shape index (κ2) is 9.68. The number of carbonyl (C=O) groups excluding carboxylic acids is 1. The van der Waals surface area contributed by atoms with Crippen LogP contribution in [0.15, 0.2) is 47.8 Å². The summed E-state index contributed by atoms with van der Waals surface area (Å²) in [5.41, 5.74) is 5.41. The third-order valence-corrected chi connectivity index (χ3v) is 6.44. The Morgan fingerprint density at radius 3 is 2.58 bits per heavy atom. The maximum atomic E-state index is 13.4. The average Bonchev–Trinajstić information content (AvgIpc) is 3.20. The van der Waals surface area contributed by atoms with Crippen LogP contribution < -0.4 is 5.32 Å². The largest absolute Gasteiger partial charge is 0.301 e. The zero-order valence-electron chi connectivity index (χ0n) is 17.9. The number of anilines is 1. The maximum absolute atomic E-state index is 13.4. The van der Waals surface area contributed by atoms with Gasteiger partial charge in [0.15, 0.2) is 5.13 Å². The number of halogens is 1. The van der Waals surface area contributed by atoms with E-state index in [2.05, 4.69) is 52.1 Å². The maximum Gasteiger partial charge on any atom is 0.240 e. The molecule has 1 saturated heterocycles. The first kappa shape index (κ1) is 21.6. The number of benzene rings is 2. The third kappa shape index (κ3) is 5.76. The summed E-state index contributed by atoms with van der Waals surface area (Å²) in [4.78, 5) is 21.5. The molecule has 0 unspecified atom stereocenters. The van der Waals surface area contributed by atoms with E-state index in [4.69, 9.17) is 0 Å². The van der Waals surface area contributed by atoms with Crippen molar-refractivity contribution >= 4 is 22.4 Å². The number of nitrogens with zero attached hydrogens (tertiary/aromatic N) is 3. The van der Waals surface area contributed by atoms with Crippen molar-refractivity contribution < 1.29 is 9.18 Å². The van der Waals surface area contributed by atoms with Gasteiger partial charge in [0.1, 0.15) is 5.82 Å². The highest BCUT2D eigenvalue weighted by molar-refractivity contribution is 7.14. The van der Waals surface area contributed by atoms with Crippen LogP contribution in [0.5, 0.6) is 0 Å². The molecule has 0 spiro atoms. The molecule has 0 aliphatic carbocycles. The van der Waals surface area contributed by atoms with E-state index in [0.717, 1.165) is 49.5 Å². The summed E-state index contributed by atoms with van der Waals surface area (Å²) < 4.78 is 13.4. The summed E-state index contributed by atoms with van der Waals surface area (Å²) in [6.45, 7) is 8.61. The Bertz CT molecular complexity index is 1060. The van der Waals surface area contributed by atoms with E-state index in [1.54, 1.807) is 12.1 Å². The lowest BCUT2D eigenvalue weighted by atomic mass is 10.1. The van der Waals surface area contributed by atoms with Gasteiger partial charge < -0.3 is 5.32 Å². The van der Waals surface area contributed by atoms with Crippen LogP contribution in [0, 0.1) is 19.7 Å². The van der Waals surface area contributed by atoms with Crippen molar-refractivity contribution in [3.05, 3.63) is 70.4 Å². The summed E-state index contributed by atoms with van der Waals surface area (Å²) in [6, 6.07) is 13.0. The number of nitrogens with one attached hydrogen (secondary N) is 1. The van der Waals surface area contributed by atoms with Crippen molar-refractivity contribution in [1.29, 1.82) is 0 Å². The van der Waals surface area contributed by atoms with Gasteiger partial charge in [0.05, 0.1) is 12.2 Å². The molecule has 1 N–H and O–H groups in total. The number of aryl methyl sites for hydroxylation is 2. The number of hydrogen-bond acceptors (Lipinski definition) is 5. The summed E-state index contributed by atoms with van der Waals surface area (Å²) in [6.07, 6.45) is 0. The van der Waals surface area contributed by atoms with Gasteiger partial charge in [-0.25, -0.2) is 9.37 Å². The molecule has 2 aromatic carbocycles. The molecule has 31 heavy (non-hydrogen) atoms. The molecule has 2 heterocycles. The van der Waals surface area contributed by atoms with Gasteiger partial charge in [0, 0.05) is 43.7 Å². The van der Waals surface area contributed by atoms with Gasteiger partial charge >= 0.3 is 0 Å². The van der Waals surface area contributed by atoms with Gasteiger partial charge in [-0.2, -0.15) is 0 Å². The van der Waals surface area contributed by atoms with Crippen LogP contribution in [0.25, 0.3) is 11.3 Å². The Hall–Kier alpha value is -2.61. The lowest BCUT2D eigenvalue weighted by Crippen LogP contribution is -2.48. The predicted octanol–water partition coefficient (Wildman–Crippen LogP) is 4.32. The molecular weight excluding hydrogens is 411 g/mol. The number of rotatable bonds is 6. The molecule has 1 aliphatic heterocycles. The smallest absolute Gasteiger partial charge is 0.240 e. The summed E-state index contributed by atoms with van der Waals surface area (Å²) in [7, 11) is 0. The SMILES string of the molecule is Cc1ccc(-c2csc(NC(=O)CN3CCN(Cc4cccc(F)c4)CC3)n2)cc1C. The second-order valence-corrected chi connectivity index (χ2v) is 8.93. The van der Waals surface area contributed by atoms with Gasteiger partial charge in [0.2, 0.25) is 5.91 Å². The van der Waals surface area contributed by atoms with Gasteiger partial charge in [-0.1, -0.05) is 24.3 Å². The fourth-order valence-corrected chi connectivity index (χ4v) is 4.46. The van der Waals surface area contributed by atoms with E-state index in [-0.39, 0.29) is 11.7 Å². The number of thiazole rings is 1. The first-order valence-corrected chi connectivity index (χ1v) is 11.4.